The zero-order valence-corrected chi connectivity index (χ0v) is 17.7. The lowest BCUT2D eigenvalue weighted by atomic mass is 9.92. The van der Waals surface area contributed by atoms with Crippen molar-refractivity contribution in [3.05, 3.63) is 69.7 Å². The number of hydrogen-bond acceptors (Lipinski definition) is 5. The maximum Gasteiger partial charge on any atom is 0.110 e. The molecule has 0 aliphatic carbocycles. The van der Waals surface area contributed by atoms with E-state index in [0.29, 0.717) is 11.4 Å². The summed E-state index contributed by atoms with van der Waals surface area (Å²) in [5.41, 5.74) is 4.35. The molecule has 0 aromatic heterocycles. The molecule has 4 atom stereocenters. The lowest BCUT2D eigenvalue weighted by molar-refractivity contribution is -0.181. The van der Waals surface area contributed by atoms with Crippen LogP contribution >= 0.6 is 11.6 Å². The highest BCUT2D eigenvalue weighted by Gasteiger charge is 2.37. The van der Waals surface area contributed by atoms with Gasteiger partial charge in [-0.3, -0.25) is 0 Å². The van der Waals surface area contributed by atoms with E-state index in [1.165, 1.54) is 11.1 Å². The highest BCUT2D eigenvalue weighted by atomic mass is 35.5. The molecule has 1 saturated heterocycles. The second-order valence-electron chi connectivity index (χ2n) is 7.15. The first kappa shape index (κ1) is 23.8. The van der Waals surface area contributed by atoms with Gasteiger partial charge in [0.15, 0.2) is 0 Å². The first-order valence-electron chi connectivity index (χ1n) is 10.0. The SMILES string of the molecule is CCO.CCc1ccc(Cc2cc(C3CC(O)[C@H](O)C(CO)O3)ccc2Cl)cc1. The molecule has 5 nitrogen and oxygen atoms in total. The number of aryl methyl sites for hydroxylation is 1. The van der Waals surface area contributed by atoms with Crippen molar-refractivity contribution in [1.82, 2.24) is 0 Å². The van der Waals surface area contributed by atoms with Crippen molar-refractivity contribution < 1.29 is 25.2 Å². The van der Waals surface area contributed by atoms with Crippen LogP contribution in [-0.2, 0) is 17.6 Å². The standard InChI is InChI=1S/C21H25ClO4.C2H6O/c1-2-13-3-5-14(6-4-13)9-16-10-15(7-8-17(16)22)19-11-18(24)21(25)20(12-23)26-19;1-2-3/h3-8,10,18-21,23-25H,2,9,11-12H2,1H3;3H,2H2,1H3/t18?,19?,20?,21-;/m0./s1. The summed E-state index contributed by atoms with van der Waals surface area (Å²) in [7, 11) is 0. The zero-order valence-electron chi connectivity index (χ0n) is 17.0. The van der Waals surface area contributed by atoms with Gasteiger partial charge in [0.05, 0.1) is 18.8 Å². The van der Waals surface area contributed by atoms with Gasteiger partial charge in [0.1, 0.15) is 12.2 Å². The normalized spacial score (nSPS) is 24.0. The molecule has 29 heavy (non-hydrogen) atoms. The number of aliphatic hydroxyl groups excluding tert-OH is 4. The van der Waals surface area contributed by atoms with Gasteiger partial charge in [-0.15, -0.1) is 0 Å². The maximum atomic E-state index is 10.1. The lowest BCUT2D eigenvalue weighted by Crippen LogP contribution is -2.47. The number of hydrogen-bond donors (Lipinski definition) is 4. The Hall–Kier alpha value is -1.47. The molecule has 1 aliphatic rings. The molecule has 160 valence electrons. The van der Waals surface area contributed by atoms with Crippen LogP contribution in [0.15, 0.2) is 42.5 Å². The molecular formula is C23H31ClO5. The number of aliphatic hydroxyl groups is 4. The molecule has 1 aliphatic heterocycles. The van der Waals surface area contributed by atoms with Crippen LogP contribution in [0, 0.1) is 0 Å². The predicted octanol–water partition coefficient (Wildman–Crippen LogP) is 3.04. The summed E-state index contributed by atoms with van der Waals surface area (Å²) >= 11 is 6.38. The Bertz CT molecular complexity index is 749. The van der Waals surface area contributed by atoms with Gasteiger partial charge in [-0.1, -0.05) is 54.9 Å². The van der Waals surface area contributed by atoms with Gasteiger partial charge in [-0.2, -0.15) is 0 Å². The Morgan fingerprint density at radius 3 is 2.21 bits per heavy atom. The van der Waals surface area contributed by atoms with Gasteiger partial charge >= 0.3 is 0 Å². The fraction of sp³-hybridized carbons (Fsp3) is 0.478. The van der Waals surface area contributed by atoms with Gasteiger partial charge in [0, 0.05) is 18.1 Å². The van der Waals surface area contributed by atoms with E-state index in [9.17, 15) is 15.3 Å². The van der Waals surface area contributed by atoms with Gasteiger partial charge < -0.3 is 25.2 Å². The van der Waals surface area contributed by atoms with Crippen molar-refractivity contribution >= 4 is 11.6 Å². The summed E-state index contributed by atoms with van der Waals surface area (Å²) in [6.45, 7) is 3.73. The largest absolute Gasteiger partial charge is 0.397 e. The third-order valence-electron chi connectivity index (χ3n) is 5.02. The molecule has 1 heterocycles. The summed E-state index contributed by atoms with van der Waals surface area (Å²) in [6, 6.07) is 14.2. The fourth-order valence-electron chi connectivity index (χ4n) is 3.36. The Labute approximate surface area is 177 Å². The highest BCUT2D eigenvalue weighted by Crippen LogP contribution is 2.34. The van der Waals surface area contributed by atoms with Crippen molar-refractivity contribution in [3.8, 4) is 0 Å². The number of ether oxygens (including phenoxy) is 1. The number of benzene rings is 2. The summed E-state index contributed by atoms with van der Waals surface area (Å²) in [5, 5.41) is 37.6. The average molecular weight is 423 g/mol. The van der Waals surface area contributed by atoms with Crippen molar-refractivity contribution in [2.75, 3.05) is 13.2 Å². The Balaban J connectivity index is 0.000000941. The Morgan fingerprint density at radius 1 is 1.00 bits per heavy atom. The summed E-state index contributed by atoms with van der Waals surface area (Å²) < 4.78 is 5.78. The van der Waals surface area contributed by atoms with E-state index in [1.807, 2.05) is 18.2 Å². The quantitative estimate of drug-likeness (QED) is 0.594. The molecule has 0 amide bonds. The van der Waals surface area contributed by atoms with Crippen molar-refractivity contribution in [3.63, 3.8) is 0 Å². The van der Waals surface area contributed by atoms with Crippen LogP contribution in [0.3, 0.4) is 0 Å². The zero-order chi connectivity index (χ0) is 21.4. The summed E-state index contributed by atoms with van der Waals surface area (Å²) in [4.78, 5) is 0. The molecule has 0 spiro atoms. The van der Waals surface area contributed by atoms with Gasteiger partial charge in [-0.05, 0) is 48.1 Å². The molecule has 1 fully saturated rings. The molecule has 3 unspecified atom stereocenters. The molecule has 0 saturated carbocycles. The van der Waals surface area contributed by atoms with Crippen LogP contribution in [0.2, 0.25) is 5.02 Å². The van der Waals surface area contributed by atoms with E-state index in [1.54, 1.807) is 6.92 Å². The van der Waals surface area contributed by atoms with E-state index in [2.05, 4.69) is 31.2 Å². The van der Waals surface area contributed by atoms with Gasteiger partial charge in [-0.25, -0.2) is 0 Å². The van der Waals surface area contributed by atoms with E-state index >= 15 is 0 Å². The van der Waals surface area contributed by atoms with Crippen LogP contribution in [0.5, 0.6) is 0 Å². The van der Waals surface area contributed by atoms with Crippen molar-refractivity contribution in [2.45, 2.75) is 57.5 Å². The first-order valence-corrected chi connectivity index (χ1v) is 10.4. The molecular weight excluding hydrogens is 392 g/mol. The van der Waals surface area contributed by atoms with Crippen LogP contribution in [0.4, 0.5) is 0 Å². The minimum absolute atomic E-state index is 0.250. The highest BCUT2D eigenvalue weighted by molar-refractivity contribution is 6.31. The molecule has 0 radical (unpaired) electrons. The van der Waals surface area contributed by atoms with Gasteiger partial charge in [0.2, 0.25) is 0 Å². The molecule has 3 rings (SSSR count). The van der Waals surface area contributed by atoms with E-state index in [4.69, 9.17) is 21.4 Å². The summed E-state index contributed by atoms with van der Waals surface area (Å²) in [6.07, 6.45) is -1.17. The molecule has 2 aromatic carbocycles. The van der Waals surface area contributed by atoms with E-state index in [-0.39, 0.29) is 25.7 Å². The van der Waals surface area contributed by atoms with E-state index < -0.39 is 18.3 Å². The van der Waals surface area contributed by atoms with E-state index in [0.717, 1.165) is 17.5 Å². The van der Waals surface area contributed by atoms with Crippen LogP contribution in [-0.4, -0.2) is 52.0 Å². The monoisotopic (exact) mass is 422 g/mol. The maximum absolute atomic E-state index is 10.1. The number of rotatable bonds is 5. The van der Waals surface area contributed by atoms with Gasteiger partial charge in [0.25, 0.3) is 0 Å². The average Bonchev–Trinajstić information content (AvgIpc) is 2.72. The first-order chi connectivity index (χ1) is 13.9. The van der Waals surface area contributed by atoms with Crippen molar-refractivity contribution in [1.29, 1.82) is 0 Å². The minimum Gasteiger partial charge on any atom is -0.397 e. The van der Waals surface area contributed by atoms with Crippen LogP contribution < -0.4 is 0 Å². The van der Waals surface area contributed by atoms with Crippen LogP contribution in [0.1, 0.15) is 48.6 Å². The number of halogens is 1. The Morgan fingerprint density at radius 2 is 1.62 bits per heavy atom. The summed E-state index contributed by atoms with van der Waals surface area (Å²) in [5.74, 6) is 0. The van der Waals surface area contributed by atoms with Crippen molar-refractivity contribution in [2.24, 2.45) is 0 Å². The smallest absolute Gasteiger partial charge is 0.110 e. The third-order valence-corrected chi connectivity index (χ3v) is 5.39. The second-order valence-corrected chi connectivity index (χ2v) is 7.56. The molecule has 0 bridgehead atoms. The Kier molecular flexibility index (Phi) is 9.56. The molecule has 6 heteroatoms. The predicted molar refractivity (Wildman–Crippen MR) is 114 cm³/mol. The lowest BCUT2D eigenvalue weighted by Gasteiger charge is -2.36. The third kappa shape index (κ3) is 6.51. The minimum atomic E-state index is -1.07. The molecule has 4 N–H and O–H groups in total. The van der Waals surface area contributed by atoms with Crippen LogP contribution in [0.25, 0.3) is 0 Å². The topological polar surface area (TPSA) is 90.2 Å². The fourth-order valence-corrected chi connectivity index (χ4v) is 3.55. The second kappa shape index (κ2) is 11.6. The molecule has 2 aromatic rings.